The zero-order valence-electron chi connectivity index (χ0n) is 12.7. The van der Waals surface area contributed by atoms with E-state index in [-0.39, 0.29) is 5.91 Å². The van der Waals surface area contributed by atoms with E-state index in [1.807, 2.05) is 11.4 Å². The van der Waals surface area contributed by atoms with Crippen LogP contribution in [-0.2, 0) is 11.3 Å². The van der Waals surface area contributed by atoms with Gasteiger partial charge >= 0.3 is 0 Å². The van der Waals surface area contributed by atoms with Gasteiger partial charge in [0.15, 0.2) is 0 Å². The summed E-state index contributed by atoms with van der Waals surface area (Å²) >= 11 is 3.37. The highest BCUT2D eigenvalue weighted by Gasteiger charge is 2.21. The van der Waals surface area contributed by atoms with E-state index in [0.717, 1.165) is 27.9 Å². The van der Waals surface area contributed by atoms with E-state index >= 15 is 0 Å². The molecule has 1 heterocycles. The second-order valence-corrected chi connectivity index (χ2v) is 7.64. The molecule has 1 aliphatic rings. The molecule has 1 amide bonds. The summed E-state index contributed by atoms with van der Waals surface area (Å²) in [5.41, 5.74) is 3.31. The number of rotatable bonds is 7. The zero-order chi connectivity index (χ0) is 15.4. The smallest absolute Gasteiger partial charge is 0.230 e. The second-order valence-electron chi connectivity index (χ2n) is 5.75. The lowest BCUT2D eigenvalue weighted by Crippen LogP contribution is -2.24. The van der Waals surface area contributed by atoms with Crippen molar-refractivity contribution < 1.29 is 4.79 Å². The number of thiazole rings is 1. The molecular formula is C17H20N2OS2. The van der Waals surface area contributed by atoms with Crippen molar-refractivity contribution in [1.82, 2.24) is 10.3 Å². The van der Waals surface area contributed by atoms with Gasteiger partial charge in [-0.05, 0) is 37.5 Å². The van der Waals surface area contributed by atoms with Gasteiger partial charge in [0.25, 0.3) is 0 Å². The van der Waals surface area contributed by atoms with E-state index in [0.29, 0.717) is 12.3 Å². The number of benzene rings is 1. The van der Waals surface area contributed by atoms with Crippen LogP contribution >= 0.6 is 23.1 Å². The molecule has 1 fully saturated rings. The van der Waals surface area contributed by atoms with Crippen molar-refractivity contribution in [2.24, 2.45) is 5.92 Å². The monoisotopic (exact) mass is 332 g/mol. The first kappa shape index (κ1) is 15.6. The molecule has 1 saturated carbocycles. The number of aromatic nitrogens is 1. The number of carbonyl (C=O) groups excluding carboxylic acids is 1. The molecule has 0 aliphatic heterocycles. The average molecular weight is 332 g/mol. The summed E-state index contributed by atoms with van der Waals surface area (Å²) in [5.74, 6) is 2.66. The SMILES string of the molecule is Cc1cccc(-c2nc(CNC(=O)CSCC3CC3)cs2)c1. The Balaban J connectivity index is 1.47. The number of hydrogen-bond acceptors (Lipinski definition) is 4. The average Bonchev–Trinajstić information content (AvgIpc) is 3.20. The quantitative estimate of drug-likeness (QED) is 0.837. The van der Waals surface area contributed by atoms with Crippen molar-refractivity contribution >= 4 is 29.0 Å². The third-order valence-electron chi connectivity index (χ3n) is 3.57. The maximum atomic E-state index is 11.8. The van der Waals surface area contributed by atoms with Gasteiger partial charge in [0.1, 0.15) is 5.01 Å². The van der Waals surface area contributed by atoms with Gasteiger partial charge in [0.05, 0.1) is 18.0 Å². The molecule has 1 aromatic heterocycles. The molecule has 1 N–H and O–H groups in total. The Morgan fingerprint density at radius 3 is 3.09 bits per heavy atom. The van der Waals surface area contributed by atoms with Gasteiger partial charge in [-0.2, -0.15) is 11.8 Å². The summed E-state index contributed by atoms with van der Waals surface area (Å²) in [6, 6.07) is 8.33. The van der Waals surface area contributed by atoms with E-state index < -0.39 is 0 Å². The minimum atomic E-state index is 0.107. The molecule has 5 heteroatoms. The van der Waals surface area contributed by atoms with Gasteiger partial charge in [0.2, 0.25) is 5.91 Å². The molecule has 2 aromatic rings. The first-order chi connectivity index (χ1) is 10.7. The lowest BCUT2D eigenvalue weighted by Gasteiger charge is -2.03. The predicted molar refractivity (Wildman–Crippen MR) is 94.2 cm³/mol. The standard InChI is InChI=1S/C17H20N2OS2/c1-12-3-2-4-14(7-12)17-19-15(10-22-17)8-18-16(20)11-21-9-13-5-6-13/h2-4,7,10,13H,5-6,8-9,11H2,1H3,(H,18,20). The maximum Gasteiger partial charge on any atom is 0.230 e. The van der Waals surface area contributed by atoms with E-state index in [9.17, 15) is 4.79 Å². The summed E-state index contributed by atoms with van der Waals surface area (Å²) < 4.78 is 0. The number of nitrogens with zero attached hydrogens (tertiary/aromatic N) is 1. The first-order valence-corrected chi connectivity index (χ1v) is 9.60. The maximum absolute atomic E-state index is 11.8. The highest BCUT2D eigenvalue weighted by molar-refractivity contribution is 7.99. The fourth-order valence-corrected chi connectivity index (χ4v) is 4.03. The number of hydrogen-bond donors (Lipinski definition) is 1. The molecule has 0 atom stereocenters. The Bertz CT molecular complexity index is 650. The van der Waals surface area contributed by atoms with Gasteiger partial charge in [-0.3, -0.25) is 4.79 Å². The minimum Gasteiger partial charge on any atom is -0.350 e. The Hall–Kier alpha value is -1.33. The third-order valence-corrected chi connectivity index (χ3v) is 5.68. The van der Waals surface area contributed by atoms with Gasteiger partial charge < -0.3 is 5.32 Å². The van der Waals surface area contributed by atoms with Crippen LogP contribution in [0.2, 0.25) is 0 Å². The number of nitrogens with one attached hydrogen (secondary N) is 1. The summed E-state index contributed by atoms with van der Waals surface area (Å²) in [4.78, 5) is 16.4. The minimum absolute atomic E-state index is 0.107. The summed E-state index contributed by atoms with van der Waals surface area (Å²) in [6.45, 7) is 2.60. The summed E-state index contributed by atoms with van der Waals surface area (Å²) in [7, 11) is 0. The molecule has 3 nitrogen and oxygen atoms in total. The fourth-order valence-electron chi connectivity index (χ4n) is 2.14. The molecule has 116 valence electrons. The van der Waals surface area contributed by atoms with Crippen molar-refractivity contribution in [3.8, 4) is 10.6 Å². The lowest BCUT2D eigenvalue weighted by atomic mass is 10.1. The molecule has 0 spiro atoms. The number of aryl methyl sites for hydroxylation is 1. The van der Waals surface area contributed by atoms with Crippen LogP contribution in [0.15, 0.2) is 29.6 Å². The molecule has 0 radical (unpaired) electrons. The first-order valence-electron chi connectivity index (χ1n) is 7.56. The highest BCUT2D eigenvalue weighted by atomic mass is 32.2. The van der Waals surface area contributed by atoms with Crippen LogP contribution in [0.3, 0.4) is 0 Å². The molecule has 3 rings (SSSR count). The van der Waals surface area contributed by atoms with Crippen molar-refractivity contribution in [3.63, 3.8) is 0 Å². The molecule has 0 bridgehead atoms. The Labute approximate surface area is 139 Å². The topological polar surface area (TPSA) is 42.0 Å². The molecule has 1 aliphatic carbocycles. The second kappa shape index (κ2) is 7.29. The van der Waals surface area contributed by atoms with E-state index in [2.05, 4.69) is 35.4 Å². The molecular weight excluding hydrogens is 312 g/mol. The zero-order valence-corrected chi connectivity index (χ0v) is 14.3. The van der Waals surface area contributed by atoms with Crippen molar-refractivity contribution in [1.29, 1.82) is 0 Å². The summed E-state index contributed by atoms with van der Waals surface area (Å²) in [5, 5.41) is 5.99. The Morgan fingerprint density at radius 1 is 1.45 bits per heavy atom. The molecule has 0 saturated heterocycles. The largest absolute Gasteiger partial charge is 0.350 e. The van der Waals surface area contributed by atoms with Gasteiger partial charge in [-0.15, -0.1) is 11.3 Å². The Morgan fingerprint density at radius 2 is 2.32 bits per heavy atom. The van der Waals surface area contributed by atoms with Crippen LogP contribution in [0.5, 0.6) is 0 Å². The van der Waals surface area contributed by atoms with Gasteiger partial charge in [-0.1, -0.05) is 23.8 Å². The third kappa shape index (κ3) is 4.58. The Kier molecular flexibility index (Phi) is 5.16. The van der Waals surface area contributed by atoms with Gasteiger partial charge in [-0.25, -0.2) is 4.98 Å². The van der Waals surface area contributed by atoms with Gasteiger partial charge in [0, 0.05) is 10.9 Å². The van der Waals surface area contributed by atoms with E-state index in [1.165, 1.54) is 18.4 Å². The number of thioether (sulfide) groups is 1. The van der Waals surface area contributed by atoms with Crippen molar-refractivity contribution in [2.45, 2.75) is 26.3 Å². The molecule has 22 heavy (non-hydrogen) atoms. The fraction of sp³-hybridized carbons (Fsp3) is 0.412. The van der Waals surface area contributed by atoms with E-state index in [4.69, 9.17) is 0 Å². The highest BCUT2D eigenvalue weighted by Crippen LogP contribution is 2.32. The predicted octanol–water partition coefficient (Wildman–Crippen LogP) is 3.88. The summed E-state index contributed by atoms with van der Waals surface area (Å²) in [6.07, 6.45) is 2.68. The number of amides is 1. The number of carbonyl (C=O) groups is 1. The van der Waals surface area contributed by atoms with Crippen molar-refractivity contribution in [3.05, 3.63) is 40.9 Å². The normalized spacial score (nSPS) is 14.0. The van der Waals surface area contributed by atoms with Crippen LogP contribution < -0.4 is 5.32 Å². The van der Waals surface area contributed by atoms with E-state index in [1.54, 1.807) is 23.1 Å². The van der Waals surface area contributed by atoms with Crippen molar-refractivity contribution in [2.75, 3.05) is 11.5 Å². The van der Waals surface area contributed by atoms with Crippen LogP contribution in [-0.4, -0.2) is 22.4 Å². The van der Waals surface area contributed by atoms with Crippen LogP contribution in [0.4, 0.5) is 0 Å². The van der Waals surface area contributed by atoms with Crippen LogP contribution in [0.25, 0.3) is 10.6 Å². The van der Waals surface area contributed by atoms with Crippen LogP contribution in [0.1, 0.15) is 24.1 Å². The van der Waals surface area contributed by atoms with Crippen LogP contribution in [0, 0.1) is 12.8 Å². The lowest BCUT2D eigenvalue weighted by molar-refractivity contribution is -0.118. The molecule has 0 unspecified atom stereocenters. The molecule has 1 aromatic carbocycles.